The van der Waals surface area contributed by atoms with Crippen molar-refractivity contribution < 1.29 is 4.42 Å². The summed E-state index contributed by atoms with van der Waals surface area (Å²) in [6.45, 7) is 0. The van der Waals surface area contributed by atoms with E-state index in [1.807, 2.05) is 12.1 Å². The number of furan rings is 1. The number of benzene rings is 8. The van der Waals surface area contributed by atoms with Crippen LogP contribution in [0.2, 0.25) is 0 Å². The quantitative estimate of drug-likeness (QED) is 0.161. The van der Waals surface area contributed by atoms with Crippen LogP contribution in [-0.4, -0.2) is 14.5 Å². The van der Waals surface area contributed by atoms with Crippen LogP contribution in [-0.2, 0) is 0 Å². The Kier molecular flexibility index (Phi) is 6.83. The van der Waals surface area contributed by atoms with Crippen LogP contribution in [0.5, 0.6) is 0 Å². The van der Waals surface area contributed by atoms with Crippen molar-refractivity contribution in [1.29, 1.82) is 0 Å². The molecule has 236 valence electrons. The van der Waals surface area contributed by atoms with Crippen molar-refractivity contribution in [2.24, 2.45) is 0 Å². The Hall–Kier alpha value is -6.06. The Morgan fingerprint density at radius 1 is 0.340 bits per heavy atom. The zero-order valence-corrected chi connectivity index (χ0v) is 28.7. The van der Waals surface area contributed by atoms with Gasteiger partial charge in [0.25, 0.3) is 0 Å². The van der Waals surface area contributed by atoms with Crippen LogP contribution >= 0.6 is 0 Å². The molecule has 0 aliphatic carbocycles. The molecule has 0 saturated heterocycles. The Morgan fingerprint density at radius 3 is 1.72 bits per heavy atom. The van der Waals surface area contributed by atoms with E-state index in [2.05, 4.69) is 180 Å². The van der Waals surface area contributed by atoms with Gasteiger partial charge in [0, 0.05) is 0 Å². The van der Waals surface area contributed by atoms with E-state index in [1.165, 1.54) is 35.8 Å². The third-order valence-electron chi connectivity index (χ3n) is 9.60. The summed E-state index contributed by atoms with van der Waals surface area (Å²) in [7, 11) is 0. The van der Waals surface area contributed by atoms with Crippen LogP contribution in [0.1, 0.15) is 0 Å². The fraction of sp³-hybridized carbons (Fsp3) is 0. The molecule has 0 N–H and O–H groups in total. The van der Waals surface area contributed by atoms with E-state index in [4.69, 9.17) is 4.42 Å². The standard InChI is InChI=1S/C46H30N2OSe/c1-3-14-32(15-4-1)47(36-26-28-39-38-21-9-10-24-43(38)49-44(39)30-36)34-18-11-19-35(29-34)48(33-16-5-2-6-17-33)42-23-12-22-40-41-27-25-31-13-7-8-20-37(31)45(41)50-46(40)42/h1-30H. The second-order valence-electron chi connectivity index (χ2n) is 12.6. The van der Waals surface area contributed by atoms with Crippen LogP contribution < -0.4 is 9.80 Å². The molecule has 10 aromatic rings. The number of rotatable bonds is 6. The van der Waals surface area contributed by atoms with Gasteiger partial charge in [-0.1, -0.05) is 18.2 Å². The van der Waals surface area contributed by atoms with Gasteiger partial charge in [0.05, 0.1) is 0 Å². The molecule has 0 radical (unpaired) electrons. The second-order valence-corrected chi connectivity index (χ2v) is 14.7. The van der Waals surface area contributed by atoms with E-state index in [-0.39, 0.29) is 14.5 Å². The Morgan fingerprint density at radius 2 is 0.900 bits per heavy atom. The van der Waals surface area contributed by atoms with Gasteiger partial charge >= 0.3 is 273 Å². The van der Waals surface area contributed by atoms with E-state index >= 15 is 0 Å². The molecule has 0 spiro atoms. The number of anilines is 6. The zero-order valence-electron chi connectivity index (χ0n) is 27.0. The maximum atomic E-state index is 6.36. The molecule has 0 aliphatic heterocycles. The first kappa shape index (κ1) is 28.9. The molecule has 2 heterocycles. The molecule has 0 bridgehead atoms. The number of nitrogens with zero attached hydrogens (tertiary/aromatic N) is 2. The van der Waals surface area contributed by atoms with Gasteiger partial charge in [-0.2, -0.15) is 0 Å². The van der Waals surface area contributed by atoms with Gasteiger partial charge in [-0.25, -0.2) is 0 Å². The summed E-state index contributed by atoms with van der Waals surface area (Å²) >= 11 is 0.144. The molecule has 8 aromatic carbocycles. The molecule has 0 atom stereocenters. The predicted molar refractivity (Wildman–Crippen MR) is 213 cm³/mol. The van der Waals surface area contributed by atoms with E-state index in [0.717, 1.165) is 50.4 Å². The van der Waals surface area contributed by atoms with Crippen molar-refractivity contribution in [3.05, 3.63) is 182 Å². The topological polar surface area (TPSA) is 19.6 Å². The van der Waals surface area contributed by atoms with Crippen molar-refractivity contribution in [1.82, 2.24) is 0 Å². The second kappa shape index (κ2) is 11.8. The Labute approximate surface area is 295 Å². The molecule has 3 nitrogen and oxygen atoms in total. The van der Waals surface area contributed by atoms with Crippen molar-refractivity contribution in [2.45, 2.75) is 0 Å². The van der Waals surface area contributed by atoms with Gasteiger partial charge in [-0.05, 0) is 6.07 Å². The zero-order chi connectivity index (χ0) is 33.0. The average Bonchev–Trinajstić information content (AvgIpc) is 3.75. The summed E-state index contributed by atoms with van der Waals surface area (Å²) in [5, 5.41) is 7.61. The number of para-hydroxylation sites is 3. The monoisotopic (exact) mass is 706 g/mol. The molecular formula is C46H30N2OSe. The molecule has 0 aliphatic rings. The van der Waals surface area contributed by atoms with Crippen molar-refractivity contribution in [3.63, 3.8) is 0 Å². The molecule has 10 rings (SSSR count). The maximum absolute atomic E-state index is 6.36. The van der Waals surface area contributed by atoms with Crippen LogP contribution in [0.3, 0.4) is 0 Å². The van der Waals surface area contributed by atoms with Crippen LogP contribution in [0.15, 0.2) is 186 Å². The summed E-state index contributed by atoms with van der Waals surface area (Å²) in [5.41, 5.74) is 8.42. The summed E-state index contributed by atoms with van der Waals surface area (Å²) in [4.78, 5) is 4.75. The molecule has 50 heavy (non-hydrogen) atoms. The third-order valence-corrected chi connectivity index (χ3v) is 12.3. The third kappa shape index (κ3) is 4.73. The Balaban J connectivity index is 1.17. The first-order valence-electron chi connectivity index (χ1n) is 16.8. The van der Waals surface area contributed by atoms with Gasteiger partial charge in [0.15, 0.2) is 0 Å². The van der Waals surface area contributed by atoms with E-state index in [0.29, 0.717) is 0 Å². The van der Waals surface area contributed by atoms with Crippen molar-refractivity contribution in [2.75, 3.05) is 9.80 Å². The van der Waals surface area contributed by atoms with E-state index < -0.39 is 0 Å². The van der Waals surface area contributed by atoms with Crippen molar-refractivity contribution in [3.8, 4) is 0 Å². The summed E-state index contributed by atoms with van der Waals surface area (Å²) < 4.78 is 9.24. The first-order valence-corrected chi connectivity index (χ1v) is 18.6. The van der Waals surface area contributed by atoms with Gasteiger partial charge in [0.1, 0.15) is 0 Å². The molecule has 0 fully saturated rings. The molecule has 0 amide bonds. The predicted octanol–water partition coefficient (Wildman–Crippen LogP) is 13.0. The fourth-order valence-electron chi connectivity index (χ4n) is 7.34. The van der Waals surface area contributed by atoms with E-state index in [1.54, 1.807) is 0 Å². The normalized spacial score (nSPS) is 11.6. The van der Waals surface area contributed by atoms with E-state index in [9.17, 15) is 0 Å². The summed E-state index contributed by atoms with van der Waals surface area (Å²) in [6.07, 6.45) is 0. The minimum atomic E-state index is 0.144. The van der Waals surface area contributed by atoms with Gasteiger partial charge in [-0.3, -0.25) is 0 Å². The van der Waals surface area contributed by atoms with Crippen LogP contribution in [0.4, 0.5) is 34.1 Å². The molecule has 4 heteroatoms. The number of hydrogen-bond donors (Lipinski definition) is 0. The van der Waals surface area contributed by atoms with Crippen molar-refractivity contribution >= 4 is 101 Å². The van der Waals surface area contributed by atoms with Crippen LogP contribution in [0, 0.1) is 0 Å². The summed E-state index contributed by atoms with van der Waals surface area (Å²) in [6, 6.07) is 65.2. The average molecular weight is 706 g/mol. The van der Waals surface area contributed by atoms with Crippen LogP contribution in [0.25, 0.3) is 52.0 Å². The SMILES string of the molecule is c1ccc(N(c2cccc(N(c3ccccc3)c3cccc4c3[se]c3c5ccccc5ccc43)c2)c2ccc3c(c2)oc2ccccc23)cc1. The first-order chi connectivity index (χ1) is 24.8. The number of hydrogen-bond acceptors (Lipinski definition) is 3. The van der Waals surface area contributed by atoms with Gasteiger partial charge < -0.3 is 0 Å². The molecule has 2 aromatic heterocycles. The van der Waals surface area contributed by atoms with Gasteiger partial charge in [-0.15, -0.1) is 0 Å². The number of fused-ring (bicyclic) bond motifs is 8. The fourth-order valence-corrected chi connectivity index (χ4v) is 10.2. The summed E-state index contributed by atoms with van der Waals surface area (Å²) in [5.74, 6) is 0. The molecule has 0 saturated carbocycles. The minimum absolute atomic E-state index is 0.144. The molecule has 0 unspecified atom stereocenters. The molecular weight excluding hydrogens is 675 g/mol. The van der Waals surface area contributed by atoms with Gasteiger partial charge in [0.2, 0.25) is 0 Å². The Bertz CT molecular complexity index is 2840.